The molecule has 0 saturated carbocycles. The number of hydrogen-bond donors (Lipinski definition) is 0. The minimum absolute atomic E-state index is 0.229. The minimum atomic E-state index is -3.24. The van der Waals surface area contributed by atoms with E-state index in [4.69, 9.17) is 9.72 Å². The zero-order valence-corrected chi connectivity index (χ0v) is 24.9. The molecule has 0 atom stereocenters. The number of benzene rings is 2. The first-order chi connectivity index (χ1) is 18.8. The van der Waals surface area contributed by atoms with Gasteiger partial charge in [0.2, 0.25) is 0 Å². The third-order valence-electron chi connectivity index (χ3n) is 7.63. The van der Waals surface area contributed by atoms with Crippen molar-refractivity contribution in [2.24, 2.45) is 7.05 Å². The van der Waals surface area contributed by atoms with Gasteiger partial charge in [0.15, 0.2) is 9.84 Å². The van der Waals surface area contributed by atoms with Gasteiger partial charge in [0.25, 0.3) is 0 Å². The summed E-state index contributed by atoms with van der Waals surface area (Å²) in [6.45, 7) is 9.11. The molecule has 8 heteroatoms. The molecule has 1 aliphatic heterocycles. The van der Waals surface area contributed by atoms with E-state index in [1.165, 1.54) is 11.8 Å². The first-order valence-corrected chi connectivity index (χ1v) is 15.5. The summed E-state index contributed by atoms with van der Waals surface area (Å²) < 4.78 is 31.4. The third kappa shape index (κ3) is 5.77. The first-order valence-electron chi connectivity index (χ1n) is 13.7. The van der Waals surface area contributed by atoms with E-state index in [-0.39, 0.29) is 6.09 Å². The number of pyridine rings is 1. The lowest BCUT2D eigenvalue weighted by Gasteiger charge is -2.33. The van der Waals surface area contributed by atoms with Crippen LogP contribution in [0.25, 0.3) is 33.4 Å². The standard InChI is InChI=1S/C32H37N3O4S/c1-21-27-19-29(25-11-13-26(14-12-25)40(6,37)38)34(5)30(27)20-28(33-21)24-9-7-22(8-10-24)23-15-17-35(18-16-23)31(36)39-32(2,3)4/h7-14,19-20,23H,15-18H2,1-6H3. The molecule has 0 aliphatic carbocycles. The molecule has 1 amide bonds. The van der Waals surface area contributed by atoms with Crippen molar-refractivity contribution in [3.8, 4) is 22.5 Å². The highest BCUT2D eigenvalue weighted by molar-refractivity contribution is 7.90. The van der Waals surface area contributed by atoms with Crippen LogP contribution in [0.15, 0.2) is 65.6 Å². The molecular weight excluding hydrogens is 522 g/mol. The van der Waals surface area contributed by atoms with Crippen molar-refractivity contribution in [2.75, 3.05) is 19.3 Å². The maximum absolute atomic E-state index is 12.4. The molecule has 7 nitrogen and oxygen atoms in total. The van der Waals surface area contributed by atoms with Gasteiger partial charge in [-0.1, -0.05) is 36.4 Å². The van der Waals surface area contributed by atoms with Crippen LogP contribution in [-0.2, 0) is 21.6 Å². The third-order valence-corrected chi connectivity index (χ3v) is 8.76. The molecule has 0 bridgehead atoms. The number of fused-ring (bicyclic) bond motifs is 1. The molecule has 0 spiro atoms. The average Bonchev–Trinajstić information content (AvgIpc) is 3.24. The normalized spacial score (nSPS) is 15.0. The quantitative estimate of drug-likeness (QED) is 0.277. The summed E-state index contributed by atoms with van der Waals surface area (Å²) in [4.78, 5) is 19.4. The molecule has 40 heavy (non-hydrogen) atoms. The zero-order valence-electron chi connectivity index (χ0n) is 24.1. The van der Waals surface area contributed by atoms with Crippen molar-refractivity contribution in [1.82, 2.24) is 14.5 Å². The van der Waals surface area contributed by atoms with Crippen LogP contribution in [0.4, 0.5) is 4.79 Å². The largest absolute Gasteiger partial charge is 0.444 e. The molecular formula is C32H37N3O4S. The maximum atomic E-state index is 12.4. The topological polar surface area (TPSA) is 81.5 Å². The number of likely N-dealkylation sites (tertiary alicyclic amines) is 1. The molecule has 210 valence electrons. The molecule has 3 heterocycles. The monoisotopic (exact) mass is 559 g/mol. The Morgan fingerprint density at radius 1 is 0.950 bits per heavy atom. The van der Waals surface area contributed by atoms with Gasteiger partial charge in [-0.3, -0.25) is 4.98 Å². The highest BCUT2D eigenvalue weighted by Gasteiger charge is 2.27. The van der Waals surface area contributed by atoms with Crippen LogP contribution in [0.3, 0.4) is 0 Å². The van der Waals surface area contributed by atoms with Crippen molar-refractivity contribution in [3.05, 3.63) is 71.9 Å². The highest BCUT2D eigenvalue weighted by Crippen LogP contribution is 2.34. The SMILES string of the molecule is Cc1nc(-c2ccc(C3CCN(C(=O)OC(C)(C)C)CC3)cc2)cc2c1cc(-c1ccc(S(C)(=O)=O)cc1)n2C. The van der Waals surface area contributed by atoms with E-state index >= 15 is 0 Å². The Morgan fingerprint density at radius 3 is 2.12 bits per heavy atom. The second-order valence-corrected chi connectivity index (χ2v) is 13.8. The van der Waals surface area contributed by atoms with E-state index in [1.807, 2.05) is 51.8 Å². The predicted molar refractivity (Wildman–Crippen MR) is 159 cm³/mol. The van der Waals surface area contributed by atoms with Crippen LogP contribution in [0.2, 0.25) is 0 Å². The van der Waals surface area contributed by atoms with Crippen LogP contribution < -0.4 is 0 Å². The molecule has 4 aromatic rings. The molecule has 2 aromatic carbocycles. The van der Waals surface area contributed by atoms with Crippen LogP contribution in [0.1, 0.15) is 50.8 Å². The number of nitrogens with zero attached hydrogens (tertiary/aromatic N) is 3. The number of amides is 1. The lowest BCUT2D eigenvalue weighted by atomic mass is 9.89. The van der Waals surface area contributed by atoms with Crippen LogP contribution in [0.5, 0.6) is 0 Å². The van der Waals surface area contributed by atoms with Crippen molar-refractivity contribution >= 4 is 26.8 Å². The summed E-state index contributed by atoms with van der Waals surface area (Å²) >= 11 is 0. The Bertz CT molecular complexity index is 1660. The number of sulfone groups is 1. The second-order valence-electron chi connectivity index (χ2n) is 11.8. The number of carbonyl (C=O) groups excluding carboxylic acids is 1. The summed E-state index contributed by atoms with van der Waals surface area (Å²) in [5, 5.41) is 1.07. The Morgan fingerprint density at radius 2 is 1.55 bits per heavy atom. The number of ether oxygens (including phenoxy) is 1. The molecule has 1 saturated heterocycles. The summed E-state index contributed by atoms with van der Waals surface area (Å²) in [6, 6.07) is 19.9. The van der Waals surface area contributed by atoms with Gasteiger partial charge in [0.1, 0.15) is 5.60 Å². The molecule has 1 aliphatic rings. The van der Waals surface area contributed by atoms with Gasteiger partial charge in [0, 0.05) is 48.7 Å². The van der Waals surface area contributed by atoms with Crippen LogP contribution in [0, 0.1) is 6.92 Å². The summed E-state index contributed by atoms with van der Waals surface area (Å²) in [5.41, 5.74) is 6.75. The molecule has 0 radical (unpaired) electrons. The minimum Gasteiger partial charge on any atom is -0.444 e. The second kappa shape index (κ2) is 10.4. The van der Waals surface area contributed by atoms with Crippen molar-refractivity contribution in [1.29, 1.82) is 0 Å². The Labute approximate surface area is 236 Å². The Balaban J connectivity index is 1.34. The van der Waals surface area contributed by atoms with E-state index in [0.29, 0.717) is 23.9 Å². The molecule has 2 aromatic heterocycles. The van der Waals surface area contributed by atoms with Gasteiger partial charge < -0.3 is 14.2 Å². The van der Waals surface area contributed by atoms with Gasteiger partial charge in [-0.2, -0.15) is 0 Å². The molecule has 0 unspecified atom stereocenters. The van der Waals surface area contributed by atoms with Gasteiger partial charge in [-0.05, 0) is 81.8 Å². The van der Waals surface area contributed by atoms with E-state index in [9.17, 15) is 13.2 Å². The van der Waals surface area contributed by atoms with E-state index in [0.717, 1.165) is 52.0 Å². The molecule has 5 rings (SSSR count). The van der Waals surface area contributed by atoms with Gasteiger partial charge >= 0.3 is 6.09 Å². The number of rotatable bonds is 4. The summed E-state index contributed by atoms with van der Waals surface area (Å²) in [7, 11) is -1.21. The molecule has 0 N–H and O–H groups in total. The fourth-order valence-electron chi connectivity index (χ4n) is 5.43. The van der Waals surface area contributed by atoms with Crippen LogP contribution in [-0.4, -0.2) is 53.9 Å². The summed E-state index contributed by atoms with van der Waals surface area (Å²) in [5.74, 6) is 0.412. The Kier molecular flexibility index (Phi) is 7.25. The van der Waals surface area contributed by atoms with Crippen molar-refractivity contribution in [2.45, 2.75) is 57.0 Å². The fraction of sp³-hybridized carbons (Fsp3) is 0.375. The van der Waals surface area contributed by atoms with Crippen LogP contribution >= 0.6 is 0 Å². The lowest BCUT2D eigenvalue weighted by Crippen LogP contribution is -2.41. The van der Waals surface area contributed by atoms with Gasteiger partial charge in [-0.15, -0.1) is 0 Å². The predicted octanol–water partition coefficient (Wildman–Crippen LogP) is 6.73. The molecule has 1 fully saturated rings. The fourth-order valence-corrected chi connectivity index (χ4v) is 6.06. The number of aromatic nitrogens is 2. The van der Waals surface area contributed by atoms with Crippen molar-refractivity contribution in [3.63, 3.8) is 0 Å². The highest BCUT2D eigenvalue weighted by atomic mass is 32.2. The number of aryl methyl sites for hydroxylation is 2. The first kappa shape index (κ1) is 27.9. The maximum Gasteiger partial charge on any atom is 0.410 e. The number of piperidine rings is 1. The van der Waals surface area contributed by atoms with E-state index in [1.54, 1.807) is 12.1 Å². The van der Waals surface area contributed by atoms with Gasteiger partial charge in [0.05, 0.1) is 16.1 Å². The number of hydrogen-bond acceptors (Lipinski definition) is 5. The zero-order chi connectivity index (χ0) is 28.8. The number of carbonyl (C=O) groups is 1. The average molecular weight is 560 g/mol. The van der Waals surface area contributed by atoms with E-state index < -0.39 is 15.4 Å². The smallest absolute Gasteiger partial charge is 0.410 e. The lowest BCUT2D eigenvalue weighted by molar-refractivity contribution is 0.0205. The van der Waals surface area contributed by atoms with Crippen molar-refractivity contribution < 1.29 is 17.9 Å². The summed E-state index contributed by atoms with van der Waals surface area (Å²) in [6.07, 6.45) is 2.82. The van der Waals surface area contributed by atoms with Gasteiger partial charge in [-0.25, -0.2) is 13.2 Å². The van der Waals surface area contributed by atoms with E-state index in [2.05, 4.69) is 41.0 Å². The Hall–Kier alpha value is -3.65.